The normalized spacial score (nSPS) is 23.2. The molecular formula is C17H20O2. The van der Waals surface area contributed by atoms with E-state index in [4.69, 9.17) is 0 Å². The van der Waals surface area contributed by atoms with Gasteiger partial charge in [-0.15, -0.1) is 0 Å². The number of rotatable bonds is 5. The molecule has 0 aromatic heterocycles. The molecule has 1 aliphatic carbocycles. The van der Waals surface area contributed by atoms with Crippen molar-refractivity contribution in [1.82, 2.24) is 0 Å². The molecule has 0 fully saturated rings. The third-order valence-electron chi connectivity index (χ3n) is 3.95. The fraction of sp³-hybridized carbons (Fsp3) is 0.353. The minimum absolute atomic E-state index is 0.295. The first kappa shape index (κ1) is 13.6. The molecule has 100 valence electrons. The fourth-order valence-corrected chi connectivity index (χ4v) is 3.00. The maximum atomic E-state index is 11.6. The number of carboxylic acids is 1. The van der Waals surface area contributed by atoms with E-state index in [9.17, 15) is 9.90 Å². The van der Waals surface area contributed by atoms with Crippen LogP contribution in [-0.2, 0) is 11.2 Å². The van der Waals surface area contributed by atoms with Crippen LogP contribution in [0.2, 0.25) is 0 Å². The maximum absolute atomic E-state index is 11.6. The SMILES string of the molecule is CCC(C(=O)O)C1(Cc2ccccc2)C=CC=CC1. The van der Waals surface area contributed by atoms with Crippen molar-refractivity contribution in [1.29, 1.82) is 0 Å². The Morgan fingerprint density at radius 3 is 2.58 bits per heavy atom. The van der Waals surface area contributed by atoms with Gasteiger partial charge in [-0.3, -0.25) is 4.79 Å². The minimum atomic E-state index is -0.696. The van der Waals surface area contributed by atoms with E-state index in [0.29, 0.717) is 6.42 Å². The summed E-state index contributed by atoms with van der Waals surface area (Å²) in [6.45, 7) is 1.96. The lowest BCUT2D eigenvalue weighted by atomic mass is 9.66. The van der Waals surface area contributed by atoms with Crippen molar-refractivity contribution in [2.24, 2.45) is 11.3 Å². The average molecular weight is 256 g/mol. The van der Waals surface area contributed by atoms with E-state index >= 15 is 0 Å². The molecule has 2 atom stereocenters. The molecule has 2 nitrogen and oxygen atoms in total. The van der Waals surface area contributed by atoms with Crippen molar-refractivity contribution in [3.8, 4) is 0 Å². The van der Waals surface area contributed by atoms with E-state index in [0.717, 1.165) is 12.8 Å². The van der Waals surface area contributed by atoms with E-state index in [1.165, 1.54) is 5.56 Å². The average Bonchev–Trinajstić information content (AvgIpc) is 2.41. The summed E-state index contributed by atoms with van der Waals surface area (Å²) in [7, 11) is 0. The highest BCUT2D eigenvalue weighted by Crippen LogP contribution is 2.41. The molecule has 0 spiro atoms. The largest absolute Gasteiger partial charge is 0.481 e. The van der Waals surface area contributed by atoms with Crippen molar-refractivity contribution < 1.29 is 9.90 Å². The molecule has 0 radical (unpaired) electrons. The zero-order chi connectivity index (χ0) is 13.7. The molecule has 0 bridgehead atoms. The first-order chi connectivity index (χ1) is 9.18. The van der Waals surface area contributed by atoms with E-state index in [-0.39, 0.29) is 11.3 Å². The second-order valence-electron chi connectivity index (χ2n) is 5.19. The van der Waals surface area contributed by atoms with Gasteiger partial charge in [0.1, 0.15) is 0 Å². The molecule has 0 saturated carbocycles. The highest BCUT2D eigenvalue weighted by molar-refractivity contribution is 5.71. The van der Waals surface area contributed by atoms with E-state index in [1.807, 2.05) is 37.3 Å². The predicted octanol–water partition coefficient (Wildman–Crippen LogP) is 3.84. The Labute approximate surface area is 114 Å². The minimum Gasteiger partial charge on any atom is -0.481 e. The zero-order valence-electron chi connectivity index (χ0n) is 11.3. The van der Waals surface area contributed by atoms with Gasteiger partial charge in [-0.1, -0.05) is 61.6 Å². The van der Waals surface area contributed by atoms with Crippen LogP contribution in [0.25, 0.3) is 0 Å². The van der Waals surface area contributed by atoms with Gasteiger partial charge in [-0.25, -0.2) is 0 Å². The molecule has 2 rings (SSSR count). The Hall–Kier alpha value is -1.83. The van der Waals surface area contributed by atoms with E-state index in [1.54, 1.807) is 0 Å². The molecule has 1 aromatic carbocycles. The number of aliphatic carboxylic acids is 1. The number of carboxylic acid groups (broad SMARTS) is 1. The monoisotopic (exact) mass is 256 g/mol. The van der Waals surface area contributed by atoms with Crippen molar-refractivity contribution in [3.63, 3.8) is 0 Å². The Morgan fingerprint density at radius 2 is 2.05 bits per heavy atom. The number of allylic oxidation sites excluding steroid dienone is 4. The fourth-order valence-electron chi connectivity index (χ4n) is 3.00. The van der Waals surface area contributed by atoms with Gasteiger partial charge >= 0.3 is 5.97 Å². The van der Waals surface area contributed by atoms with Crippen LogP contribution in [-0.4, -0.2) is 11.1 Å². The van der Waals surface area contributed by atoms with Gasteiger partial charge in [-0.05, 0) is 24.8 Å². The second-order valence-corrected chi connectivity index (χ2v) is 5.19. The van der Waals surface area contributed by atoms with Crippen LogP contribution >= 0.6 is 0 Å². The highest BCUT2D eigenvalue weighted by atomic mass is 16.4. The quantitative estimate of drug-likeness (QED) is 0.869. The third-order valence-corrected chi connectivity index (χ3v) is 3.95. The van der Waals surface area contributed by atoms with Gasteiger partial charge in [-0.2, -0.15) is 0 Å². The van der Waals surface area contributed by atoms with Crippen LogP contribution in [0.15, 0.2) is 54.6 Å². The predicted molar refractivity (Wildman–Crippen MR) is 76.9 cm³/mol. The molecule has 2 heteroatoms. The number of hydrogen-bond donors (Lipinski definition) is 1. The Kier molecular flexibility index (Phi) is 4.20. The molecule has 0 aliphatic heterocycles. The summed E-state index contributed by atoms with van der Waals surface area (Å²) < 4.78 is 0. The van der Waals surface area contributed by atoms with Gasteiger partial charge < -0.3 is 5.11 Å². The van der Waals surface area contributed by atoms with E-state index < -0.39 is 5.97 Å². The summed E-state index contributed by atoms with van der Waals surface area (Å²) in [5, 5.41) is 9.51. The Morgan fingerprint density at radius 1 is 1.32 bits per heavy atom. The standard InChI is InChI=1S/C17H20O2/c1-2-15(16(18)19)17(11-7-4-8-12-17)13-14-9-5-3-6-10-14/h3-11,15H,2,12-13H2,1H3,(H,18,19). The van der Waals surface area contributed by atoms with E-state index in [2.05, 4.69) is 24.3 Å². The third kappa shape index (κ3) is 2.95. The molecular weight excluding hydrogens is 236 g/mol. The van der Waals surface area contributed by atoms with Gasteiger partial charge in [0.15, 0.2) is 0 Å². The van der Waals surface area contributed by atoms with Gasteiger partial charge in [0, 0.05) is 5.41 Å². The summed E-state index contributed by atoms with van der Waals surface area (Å²) in [4.78, 5) is 11.6. The van der Waals surface area contributed by atoms with Crippen molar-refractivity contribution >= 4 is 5.97 Å². The summed E-state index contributed by atoms with van der Waals surface area (Å²) in [5.41, 5.74) is 0.901. The van der Waals surface area contributed by atoms with Gasteiger partial charge in [0.2, 0.25) is 0 Å². The molecule has 0 heterocycles. The lowest BCUT2D eigenvalue weighted by Gasteiger charge is -2.36. The van der Waals surface area contributed by atoms with Crippen LogP contribution in [0.4, 0.5) is 0 Å². The molecule has 1 aliphatic rings. The van der Waals surface area contributed by atoms with Gasteiger partial charge in [0.25, 0.3) is 0 Å². The summed E-state index contributed by atoms with van der Waals surface area (Å²) in [6, 6.07) is 10.1. The van der Waals surface area contributed by atoms with Crippen molar-refractivity contribution in [2.75, 3.05) is 0 Å². The molecule has 0 amide bonds. The lowest BCUT2D eigenvalue weighted by molar-refractivity contribution is -0.145. The molecule has 1 N–H and O–H groups in total. The van der Waals surface area contributed by atoms with Crippen LogP contribution in [0.1, 0.15) is 25.3 Å². The Bertz CT molecular complexity index is 487. The number of hydrogen-bond acceptors (Lipinski definition) is 1. The first-order valence-electron chi connectivity index (χ1n) is 6.79. The maximum Gasteiger partial charge on any atom is 0.307 e. The summed E-state index contributed by atoms with van der Waals surface area (Å²) >= 11 is 0. The Balaban J connectivity index is 2.32. The molecule has 0 saturated heterocycles. The molecule has 1 aromatic rings. The number of benzene rings is 1. The lowest BCUT2D eigenvalue weighted by Crippen LogP contribution is -2.36. The smallest absolute Gasteiger partial charge is 0.307 e. The molecule has 19 heavy (non-hydrogen) atoms. The second kappa shape index (κ2) is 5.87. The number of carbonyl (C=O) groups is 1. The van der Waals surface area contributed by atoms with Crippen LogP contribution in [0.5, 0.6) is 0 Å². The topological polar surface area (TPSA) is 37.3 Å². The summed E-state index contributed by atoms with van der Waals surface area (Å²) in [5.74, 6) is -1.03. The van der Waals surface area contributed by atoms with Crippen molar-refractivity contribution in [3.05, 3.63) is 60.2 Å². The zero-order valence-corrected chi connectivity index (χ0v) is 11.3. The first-order valence-corrected chi connectivity index (χ1v) is 6.79. The van der Waals surface area contributed by atoms with Crippen LogP contribution in [0.3, 0.4) is 0 Å². The molecule has 2 unspecified atom stereocenters. The highest BCUT2D eigenvalue weighted by Gasteiger charge is 2.39. The van der Waals surface area contributed by atoms with Gasteiger partial charge in [0.05, 0.1) is 5.92 Å². The van der Waals surface area contributed by atoms with Crippen LogP contribution < -0.4 is 0 Å². The van der Waals surface area contributed by atoms with Crippen LogP contribution in [0, 0.1) is 11.3 Å². The summed E-state index contributed by atoms with van der Waals surface area (Å²) in [6.07, 6.45) is 10.4. The van der Waals surface area contributed by atoms with Crippen molar-refractivity contribution in [2.45, 2.75) is 26.2 Å².